The van der Waals surface area contributed by atoms with E-state index in [-0.39, 0.29) is 24.4 Å². The van der Waals surface area contributed by atoms with Gasteiger partial charge in [-0.1, -0.05) is 36.4 Å². The number of hydrogen-bond acceptors (Lipinski definition) is 6. The van der Waals surface area contributed by atoms with Crippen LogP contribution in [0.1, 0.15) is 38.1 Å². The quantitative estimate of drug-likeness (QED) is 0.300. The number of nitrogens with one attached hydrogen (secondary N) is 2. The molecule has 0 aliphatic carbocycles. The molecule has 0 spiro atoms. The number of fused-ring (bicyclic) bond motifs is 1. The summed E-state index contributed by atoms with van der Waals surface area (Å²) in [5, 5.41) is 0. The van der Waals surface area contributed by atoms with Crippen LogP contribution in [-0.2, 0) is 19.3 Å². The van der Waals surface area contributed by atoms with Crippen LogP contribution in [0.25, 0.3) is 11.0 Å². The third kappa shape index (κ3) is 5.33. The fourth-order valence-corrected chi connectivity index (χ4v) is 3.84. The number of aromatic amines is 2. The van der Waals surface area contributed by atoms with E-state index in [2.05, 4.69) is 37.1 Å². The Morgan fingerprint density at radius 2 is 1.71 bits per heavy atom. The molecule has 35 heavy (non-hydrogen) atoms. The number of benzene rings is 2. The average molecular weight is 466 g/mol. The van der Waals surface area contributed by atoms with Gasteiger partial charge in [0.1, 0.15) is 23.1 Å². The van der Waals surface area contributed by atoms with Crippen LogP contribution in [0.2, 0.25) is 0 Å². The lowest BCUT2D eigenvalue weighted by molar-refractivity contribution is 0.0981. The molecule has 0 aliphatic rings. The molecule has 5 aromatic rings. The van der Waals surface area contributed by atoms with Gasteiger partial charge in [-0.3, -0.25) is 9.59 Å². The van der Waals surface area contributed by atoms with E-state index in [1.165, 1.54) is 5.56 Å². The molecule has 2 aromatic carbocycles. The summed E-state index contributed by atoms with van der Waals surface area (Å²) in [6, 6.07) is 18.8. The molecule has 5 rings (SSSR count). The molecule has 3 heterocycles. The molecule has 0 saturated carbocycles. The fourth-order valence-electron chi connectivity index (χ4n) is 3.84. The van der Waals surface area contributed by atoms with Gasteiger partial charge < -0.3 is 14.7 Å². The van der Waals surface area contributed by atoms with Crippen molar-refractivity contribution in [3.8, 4) is 5.75 Å². The van der Waals surface area contributed by atoms with Gasteiger partial charge in [-0.15, -0.1) is 0 Å². The minimum Gasteiger partial charge on any atom is -0.492 e. The first-order chi connectivity index (χ1) is 17.2. The maximum atomic E-state index is 12.8. The summed E-state index contributed by atoms with van der Waals surface area (Å²) in [5.74, 6) is 1.41. The van der Waals surface area contributed by atoms with E-state index in [1.54, 1.807) is 42.9 Å². The minimum atomic E-state index is -0.177. The van der Waals surface area contributed by atoms with Gasteiger partial charge in [0.15, 0.2) is 11.6 Å². The predicted octanol–water partition coefficient (Wildman–Crippen LogP) is 4.15. The number of pyridine rings is 1. The number of hydrogen-bond donors (Lipinski definition) is 2. The first-order valence-electron chi connectivity index (χ1n) is 11.3. The second-order valence-corrected chi connectivity index (χ2v) is 8.08. The highest BCUT2D eigenvalue weighted by Crippen LogP contribution is 2.19. The first-order valence-corrected chi connectivity index (χ1v) is 11.3. The summed E-state index contributed by atoms with van der Waals surface area (Å²) in [4.78, 5) is 44.5. The monoisotopic (exact) mass is 465 g/mol. The van der Waals surface area contributed by atoms with Crippen molar-refractivity contribution in [3.05, 3.63) is 108 Å². The lowest BCUT2D eigenvalue weighted by Crippen LogP contribution is -2.08. The van der Waals surface area contributed by atoms with E-state index < -0.39 is 0 Å². The summed E-state index contributed by atoms with van der Waals surface area (Å²) in [6.07, 6.45) is 5.83. The van der Waals surface area contributed by atoms with Gasteiger partial charge in [-0.25, -0.2) is 15.0 Å². The standard InChI is InChI=1S/C27H23N5O3/c33-23(15-25-28-12-13-29-25)20-7-4-8-22-27(20)32-26(31-22)16-24(34)21-10-9-19(17-30-21)35-14-11-18-5-2-1-3-6-18/h1-10,12-13,17H,11,14-16H2,(H,28,29)(H,31,32). The molecular formula is C27H23N5O3. The SMILES string of the molecule is O=C(Cc1nc2c(C(=O)Cc3ncc[nH]3)cccc2[nH]1)c1ccc(OCCc2ccccc2)cn1. The topological polar surface area (TPSA) is 114 Å². The summed E-state index contributed by atoms with van der Waals surface area (Å²) < 4.78 is 5.74. The molecule has 0 unspecified atom stereocenters. The maximum Gasteiger partial charge on any atom is 0.188 e. The molecule has 8 heteroatoms. The van der Waals surface area contributed by atoms with Crippen LogP contribution in [0.15, 0.2) is 79.3 Å². The zero-order valence-electron chi connectivity index (χ0n) is 18.9. The fraction of sp³-hybridized carbons (Fsp3) is 0.148. The molecule has 0 amide bonds. The van der Waals surface area contributed by atoms with Gasteiger partial charge >= 0.3 is 0 Å². The van der Waals surface area contributed by atoms with Crippen molar-refractivity contribution in [1.29, 1.82) is 0 Å². The molecule has 0 aliphatic heterocycles. The van der Waals surface area contributed by atoms with Crippen molar-refractivity contribution >= 4 is 22.6 Å². The van der Waals surface area contributed by atoms with Crippen LogP contribution >= 0.6 is 0 Å². The third-order valence-electron chi connectivity index (χ3n) is 5.60. The van der Waals surface area contributed by atoms with Crippen LogP contribution < -0.4 is 4.74 Å². The molecule has 0 bridgehead atoms. The van der Waals surface area contributed by atoms with E-state index in [4.69, 9.17) is 4.74 Å². The Labute approximate surface area is 201 Å². The molecule has 0 radical (unpaired) electrons. The van der Waals surface area contributed by atoms with E-state index in [1.807, 2.05) is 24.3 Å². The van der Waals surface area contributed by atoms with Gasteiger partial charge in [0.2, 0.25) is 0 Å². The Morgan fingerprint density at radius 1 is 0.857 bits per heavy atom. The number of carbonyl (C=O) groups is 2. The number of H-pyrrole nitrogens is 2. The number of imidazole rings is 2. The van der Waals surface area contributed by atoms with E-state index >= 15 is 0 Å². The lowest BCUT2D eigenvalue weighted by Gasteiger charge is -2.06. The van der Waals surface area contributed by atoms with Crippen LogP contribution in [0.4, 0.5) is 0 Å². The second-order valence-electron chi connectivity index (χ2n) is 8.08. The van der Waals surface area contributed by atoms with Crippen molar-refractivity contribution in [2.24, 2.45) is 0 Å². The van der Waals surface area contributed by atoms with E-state index in [0.717, 1.165) is 6.42 Å². The second kappa shape index (κ2) is 10.1. The Balaban J connectivity index is 1.22. The number of Topliss-reactive ketones (excluding diaryl/α,β-unsaturated/α-hetero) is 2. The van der Waals surface area contributed by atoms with E-state index in [0.29, 0.717) is 46.3 Å². The van der Waals surface area contributed by atoms with Crippen LogP contribution in [-0.4, -0.2) is 43.1 Å². The number of ketones is 2. The summed E-state index contributed by atoms with van der Waals surface area (Å²) in [6.45, 7) is 0.527. The molecule has 3 aromatic heterocycles. The normalized spacial score (nSPS) is 11.0. The van der Waals surface area contributed by atoms with E-state index in [9.17, 15) is 9.59 Å². The Hall–Kier alpha value is -4.59. The van der Waals surface area contributed by atoms with Crippen molar-refractivity contribution in [3.63, 3.8) is 0 Å². The number of aromatic nitrogens is 5. The number of para-hydroxylation sites is 1. The van der Waals surface area contributed by atoms with Crippen molar-refractivity contribution in [1.82, 2.24) is 24.9 Å². The molecule has 0 fully saturated rings. The first kappa shape index (κ1) is 22.2. The highest BCUT2D eigenvalue weighted by atomic mass is 16.5. The van der Waals surface area contributed by atoms with Gasteiger partial charge in [0.05, 0.1) is 36.7 Å². The molecule has 8 nitrogen and oxygen atoms in total. The van der Waals surface area contributed by atoms with Crippen LogP contribution in [0, 0.1) is 0 Å². The number of ether oxygens (including phenoxy) is 1. The third-order valence-corrected chi connectivity index (χ3v) is 5.60. The van der Waals surface area contributed by atoms with Crippen LogP contribution in [0.5, 0.6) is 5.75 Å². The predicted molar refractivity (Wildman–Crippen MR) is 131 cm³/mol. The Kier molecular flexibility index (Phi) is 6.43. The Bertz CT molecular complexity index is 1440. The van der Waals surface area contributed by atoms with Crippen molar-refractivity contribution in [2.45, 2.75) is 19.3 Å². The van der Waals surface area contributed by atoms with Crippen molar-refractivity contribution < 1.29 is 14.3 Å². The molecular weight excluding hydrogens is 442 g/mol. The molecule has 2 N–H and O–H groups in total. The number of carbonyl (C=O) groups excluding carboxylic acids is 2. The summed E-state index contributed by atoms with van der Waals surface area (Å²) in [5.41, 5.74) is 3.26. The Morgan fingerprint density at radius 3 is 2.49 bits per heavy atom. The molecule has 0 atom stereocenters. The van der Waals surface area contributed by atoms with Gasteiger partial charge in [-0.05, 0) is 29.8 Å². The summed E-state index contributed by atoms with van der Waals surface area (Å²) >= 11 is 0. The smallest absolute Gasteiger partial charge is 0.188 e. The number of rotatable bonds is 10. The number of nitrogens with zero attached hydrogens (tertiary/aromatic N) is 3. The maximum absolute atomic E-state index is 12.8. The molecule has 174 valence electrons. The van der Waals surface area contributed by atoms with Gasteiger partial charge in [0, 0.05) is 24.4 Å². The zero-order valence-corrected chi connectivity index (χ0v) is 18.9. The van der Waals surface area contributed by atoms with Crippen molar-refractivity contribution in [2.75, 3.05) is 6.61 Å². The molecule has 0 saturated heterocycles. The largest absolute Gasteiger partial charge is 0.492 e. The van der Waals surface area contributed by atoms with Gasteiger partial charge in [-0.2, -0.15) is 0 Å². The van der Waals surface area contributed by atoms with Crippen LogP contribution in [0.3, 0.4) is 0 Å². The highest BCUT2D eigenvalue weighted by Gasteiger charge is 2.17. The highest BCUT2D eigenvalue weighted by molar-refractivity contribution is 6.07. The van der Waals surface area contributed by atoms with Gasteiger partial charge in [0.25, 0.3) is 0 Å². The average Bonchev–Trinajstić information content (AvgIpc) is 3.54. The zero-order chi connectivity index (χ0) is 24.0. The summed E-state index contributed by atoms with van der Waals surface area (Å²) in [7, 11) is 0. The lowest BCUT2D eigenvalue weighted by atomic mass is 10.1. The minimum absolute atomic E-state index is 0.0434.